The molecule has 1 unspecified atom stereocenters. The molecule has 1 atom stereocenters. The minimum absolute atomic E-state index is 0.0419. The number of hydrogen-bond acceptors (Lipinski definition) is 5. The molecule has 2 aromatic carbocycles. The molecule has 3 aromatic rings. The molecule has 1 heterocycles. The summed E-state index contributed by atoms with van der Waals surface area (Å²) in [5, 5.41) is 3.48. The van der Waals surface area contributed by atoms with E-state index in [1.54, 1.807) is 19.1 Å². The van der Waals surface area contributed by atoms with Gasteiger partial charge in [-0.05, 0) is 62.4 Å². The van der Waals surface area contributed by atoms with E-state index in [4.69, 9.17) is 9.15 Å². The Morgan fingerprint density at radius 3 is 2.52 bits per heavy atom. The van der Waals surface area contributed by atoms with Gasteiger partial charge in [-0.25, -0.2) is 4.79 Å². The third kappa shape index (κ3) is 5.60. The molecule has 162 valence electrons. The molecule has 0 bridgehead atoms. The number of ether oxygens (including phenoxy) is 1. The number of rotatable bonds is 7. The molecule has 6 nitrogen and oxygen atoms in total. The number of amides is 1. The Kier molecular flexibility index (Phi) is 6.90. The lowest BCUT2D eigenvalue weighted by Crippen LogP contribution is -2.35. The molecular formula is C25H27NO5. The second-order valence-corrected chi connectivity index (χ2v) is 7.89. The fourth-order valence-corrected chi connectivity index (χ4v) is 3.66. The highest BCUT2D eigenvalue weighted by Crippen LogP contribution is 2.31. The van der Waals surface area contributed by atoms with Gasteiger partial charge in [0.25, 0.3) is 0 Å². The number of esters is 1. The molecule has 6 heteroatoms. The van der Waals surface area contributed by atoms with Crippen molar-refractivity contribution in [3.63, 3.8) is 0 Å². The second kappa shape index (κ2) is 9.60. The first-order valence-corrected chi connectivity index (χ1v) is 10.3. The van der Waals surface area contributed by atoms with Crippen molar-refractivity contribution in [2.45, 2.75) is 53.0 Å². The van der Waals surface area contributed by atoms with Crippen LogP contribution in [-0.4, -0.2) is 17.9 Å². The lowest BCUT2D eigenvalue weighted by Gasteiger charge is -2.15. The molecule has 0 fully saturated rings. The number of nitrogens with one attached hydrogen (secondary N) is 1. The minimum atomic E-state index is -0.559. The maximum Gasteiger partial charge on any atom is 0.340 e. The zero-order chi connectivity index (χ0) is 22.5. The first kappa shape index (κ1) is 22.3. The van der Waals surface area contributed by atoms with Crippen LogP contribution in [0.15, 0.2) is 51.7 Å². The van der Waals surface area contributed by atoms with Gasteiger partial charge in [0, 0.05) is 13.0 Å². The fraction of sp³-hybridized carbons (Fsp3) is 0.320. The third-order valence-electron chi connectivity index (χ3n) is 5.19. The summed E-state index contributed by atoms with van der Waals surface area (Å²) in [5.74, 6) is -0.401. The Bertz CT molecular complexity index is 1160. The van der Waals surface area contributed by atoms with Gasteiger partial charge in [-0.2, -0.15) is 0 Å². The number of carbonyl (C=O) groups excluding carboxylic acids is 2. The van der Waals surface area contributed by atoms with Crippen LogP contribution < -0.4 is 15.7 Å². The van der Waals surface area contributed by atoms with E-state index in [9.17, 15) is 14.4 Å². The zero-order valence-electron chi connectivity index (χ0n) is 18.3. The lowest BCUT2D eigenvalue weighted by atomic mass is 10.0. The minimum Gasteiger partial charge on any atom is -0.426 e. The van der Waals surface area contributed by atoms with E-state index in [-0.39, 0.29) is 23.9 Å². The van der Waals surface area contributed by atoms with Gasteiger partial charge >= 0.3 is 11.6 Å². The molecule has 0 saturated carbocycles. The van der Waals surface area contributed by atoms with Crippen molar-refractivity contribution >= 4 is 22.8 Å². The Balaban J connectivity index is 1.78. The Morgan fingerprint density at radius 1 is 1.13 bits per heavy atom. The van der Waals surface area contributed by atoms with E-state index >= 15 is 0 Å². The SMILES string of the molecule is CC(=O)Oc1cc(C)cc2oc(=O)c(CC(=O)NC(C)CCc3ccccc3)c(C)c12. The molecule has 0 aliphatic heterocycles. The Morgan fingerprint density at radius 2 is 1.84 bits per heavy atom. The molecule has 0 aliphatic rings. The molecular weight excluding hydrogens is 394 g/mol. The summed E-state index contributed by atoms with van der Waals surface area (Å²) in [6.45, 7) is 6.81. The van der Waals surface area contributed by atoms with Gasteiger partial charge in [0.2, 0.25) is 5.91 Å². The van der Waals surface area contributed by atoms with E-state index in [0.717, 1.165) is 18.4 Å². The summed E-state index contributed by atoms with van der Waals surface area (Å²) in [4.78, 5) is 36.7. The van der Waals surface area contributed by atoms with Crippen LogP contribution in [0.5, 0.6) is 5.75 Å². The van der Waals surface area contributed by atoms with Crippen LogP contribution in [0.4, 0.5) is 0 Å². The highest BCUT2D eigenvalue weighted by atomic mass is 16.5. The topological polar surface area (TPSA) is 85.6 Å². The maximum absolute atomic E-state index is 12.6. The standard InChI is InChI=1S/C25H27NO5/c1-15-12-21(30-18(4)27)24-17(3)20(25(29)31-22(24)13-15)14-23(28)26-16(2)10-11-19-8-6-5-7-9-19/h5-9,12-13,16H,10-11,14H2,1-4H3,(H,26,28). The fourth-order valence-electron chi connectivity index (χ4n) is 3.66. The van der Waals surface area contributed by atoms with Crippen molar-refractivity contribution in [2.24, 2.45) is 0 Å². The summed E-state index contributed by atoms with van der Waals surface area (Å²) in [7, 11) is 0. The zero-order valence-corrected chi connectivity index (χ0v) is 18.3. The average molecular weight is 421 g/mol. The van der Waals surface area contributed by atoms with Crippen molar-refractivity contribution in [1.29, 1.82) is 0 Å². The number of aryl methyl sites for hydroxylation is 3. The molecule has 1 N–H and O–H groups in total. The van der Waals surface area contributed by atoms with Gasteiger partial charge in [0.15, 0.2) is 0 Å². The van der Waals surface area contributed by atoms with E-state index in [2.05, 4.69) is 17.4 Å². The molecule has 0 spiro atoms. The molecule has 0 saturated heterocycles. The van der Waals surface area contributed by atoms with E-state index < -0.39 is 11.6 Å². The largest absolute Gasteiger partial charge is 0.426 e. The molecule has 3 rings (SSSR count). The van der Waals surface area contributed by atoms with Crippen molar-refractivity contribution in [3.8, 4) is 5.75 Å². The van der Waals surface area contributed by atoms with Crippen LogP contribution in [0.1, 0.15) is 42.5 Å². The number of fused-ring (bicyclic) bond motifs is 1. The van der Waals surface area contributed by atoms with Crippen LogP contribution >= 0.6 is 0 Å². The van der Waals surface area contributed by atoms with Crippen molar-refractivity contribution < 1.29 is 18.7 Å². The number of benzene rings is 2. The highest BCUT2D eigenvalue weighted by molar-refractivity contribution is 5.91. The number of hydrogen-bond donors (Lipinski definition) is 1. The van der Waals surface area contributed by atoms with Gasteiger partial charge in [0.05, 0.1) is 17.4 Å². The Labute approximate surface area is 181 Å². The molecule has 31 heavy (non-hydrogen) atoms. The van der Waals surface area contributed by atoms with Gasteiger partial charge in [0.1, 0.15) is 11.3 Å². The molecule has 0 aliphatic carbocycles. The van der Waals surface area contributed by atoms with Crippen LogP contribution in [0.2, 0.25) is 0 Å². The summed E-state index contributed by atoms with van der Waals surface area (Å²) < 4.78 is 10.8. The second-order valence-electron chi connectivity index (χ2n) is 7.89. The normalized spacial score (nSPS) is 11.9. The van der Waals surface area contributed by atoms with Gasteiger partial charge in [-0.15, -0.1) is 0 Å². The van der Waals surface area contributed by atoms with Crippen LogP contribution in [-0.2, 0) is 22.4 Å². The maximum atomic E-state index is 12.6. The average Bonchev–Trinajstić information content (AvgIpc) is 2.69. The van der Waals surface area contributed by atoms with Crippen LogP contribution in [0.3, 0.4) is 0 Å². The van der Waals surface area contributed by atoms with E-state index in [0.29, 0.717) is 22.3 Å². The smallest absolute Gasteiger partial charge is 0.340 e. The molecule has 1 aromatic heterocycles. The highest BCUT2D eigenvalue weighted by Gasteiger charge is 2.19. The summed E-state index contributed by atoms with van der Waals surface area (Å²) in [6, 6.07) is 13.5. The monoisotopic (exact) mass is 421 g/mol. The van der Waals surface area contributed by atoms with Gasteiger partial charge < -0.3 is 14.5 Å². The first-order chi connectivity index (χ1) is 14.7. The predicted octanol–water partition coefficient (Wildman–Crippen LogP) is 4.02. The van der Waals surface area contributed by atoms with Crippen LogP contribution in [0, 0.1) is 13.8 Å². The lowest BCUT2D eigenvalue weighted by molar-refractivity contribution is -0.131. The Hall–Kier alpha value is -3.41. The molecule has 1 amide bonds. The van der Waals surface area contributed by atoms with E-state index in [1.165, 1.54) is 12.5 Å². The van der Waals surface area contributed by atoms with Crippen LogP contribution in [0.25, 0.3) is 11.0 Å². The number of carbonyl (C=O) groups is 2. The van der Waals surface area contributed by atoms with Crippen molar-refractivity contribution in [1.82, 2.24) is 5.32 Å². The van der Waals surface area contributed by atoms with Crippen molar-refractivity contribution in [3.05, 3.63) is 75.1 Å². The van der Waals surface area contributed by atoms with Crippen molar-refractivity contribution in [2.75, 3.05) is 0 Å². The van der Waals surface area contributed by atoms with Gasteiger partial charge in [-0.1, -0.05) is 30.3 Å². The first-order valence-electron chi connectivity index (χ1n) is 10.3. The predicted molar refractivity (Wildman–Crippen MR) is 119 cm³/mol. The quantitative estimate of drug-likeness (QED) is 0.354. The van der Waals surface area contributed by atoms with E-state index in [1.807, 2.05) is 32.0 Å². The summed E-state index contributed by atoms with van der Waals surface area (Å²) in [6.07, 6.45) is 1.54. The van der Waals surface area contributed by atoms with Gasteiger partial charge in [-0.3, -0.25) is 9.59 Å². The third-order valence-corrected chi connectivity index (χ3v) is 5.19. The molecule has 0 radical (unpaired) electrons. The summed E-state index contributed by atoms with van der Waals surface area (Å²) >= 11 is 0. The summed E-state index contributed by atoms with van der Waals surface area (Å²) in [5.41, 5.74) is 2.62.